The molecule has 0 radical (unpaired) electrons. The molecule has 0 unspecified atom stereocenters. The average molecular weight is 327 g/mol. The Morgan fingerprint density at radius 2 is 1.77 bits per heavy atom. The summed E-state index contributed by atoms with van der Waals surface area (Å²) in [5.41, 5.74) is 1.83. The molecule has 0 spiro atoms. The van der Waals surface area contributed by atoms with Crippen LogP contribution in [0.2, 0.25) is 0 Å². The van der Waals surface area contributed by atoms with Gasteiger partial charge in [-0.3, -0.25) is 4.79 Å². The molecular weight excluding hydrogens is 300 g/mol. The molecule has 1 saturated heterocycles. The van der Waals surface area contributed by atoms with Gasteiger partial charge < -0.3 is 15.0 Å². The highest BCUT2D eigenvalue weighted by molar-refractivity contribution is 5.85. The van der Waals surface area contributed by atoms with Gasteiger partial charge in [-0.1, -0.05) is 31.2 Å². The van der Waals surface area contributed by atoms with Crippen molar-refractivity contribution in [3.05, 3.63) is 35.4 Å². The Labute approximate surface area is 139 Å². The van der Waals surface area contributed by atoms with Gasteiger partial charge in [0.05, 0.1) is 0 Å². The summed E-state index contributed by atoms with van der Waals surface area (Å²) in [5.74, 6) is 0.0890. The van der Waals surface area contributed by atoms with Crippen LogP contribution >= 0.6 is 12.4 Å². The number of benzene rings is 1. The van der Waals surface area contributed by atoms with E-state index in [0.717, 1.165) is 37.9 Å². The molecule has 1 aromatic carbocycles. The summed E-state index contributed by atoms with van der Waals surface area (Å²) in [6.07, 6.45) is 2.51. The summed E-state index contributed by atoms with van der Waals surface area (Å²) in [6, 6.07) is 8.46. The molecule has 22 heavy (non-hydrogen) atoms. The van der Waals surface area contributed by atoms with Crippen molar-refractivity contribution in [3.8, 4) is 0 Å². The predicted octanol–water partition coefficient (Wildman–Crippen LogP) is 2.40. The predicted molar refractivity (Wildman–Crippen MR) is 91.4 cm³/mol. The lowest BCUT2D eigenvalue weighted by atomic mass is 9.90. The average Bonchev–Trinajstić information content (AvgIpc) is 2.55. The molecule has 1 heterocycles. The largest absolute Gasteiger partial charge is 0.368 e. The van der Waals surface area contributed by atoms with E-state index in [-0.39, 0.29) is 18.3 Å². The maximum Gasteiger partial charge on any atom is 0.254 e. The van der Waals surface area contributed by atoms with Gasteiger partial charge in [0.25, 0.3) is 5.91 Å². The van der Waals surface area contributed by atoms with Crippen LogP contribution in [0.5, 0.6) is 0 Å². The molecule has 4 nitrogen and oxygen atoms in total. The molecule has 1 aromatic rings. The number of hydrogen-bond acceptors (Lipinski definition) is 3. The first-order chi connectivity index (χ1) is 10.1. The van der Waals surface area contributed by atoms with Crippen molar-refractivity contribution in [2.24, 2.45) is 0 Å². The van der Waals surface area contributed by atoms with Gasteiger partial charge >= 0.3 is 0 Å². The summed E-state index contributed by atoms with van der Waals surface area (Å²) in [7, 11) is 3.51. The Morgan fingerprint density at radius 3 is 2.27 bits per heavy atom. The number of hydrogen-bond donors (Lipinski definition) is 1. The quantitative estimate of drug-likeness (QED) is 0.903. The number of piperidine rings is 1. The number of likely N-dealkylation sites (N-methyl/N-ethyl adjacent to an activating group) is 1. The second kappa shape index (κ2) is 8.51. The van der Waals surface area contributed by atoms with Crippen LogP contribution in [0.1, 0.15) is 30.9 Å². The lowest BCUT2D eigenvalue weighted by molar-refractivity contribution is -0.157. The van der Waals surface area contributed by atoms with Crippen LogP contribution in [0.15, 0.2) is 24.3 Å². The van der Waals surface area contributed by atoms with Crippen molar-refractivity contribution in [1.29, 1.82) is 0 Å². The maximum atomic E-state index is 12.8. The Morgan fingerprint density at radius 1 is 1.23 bits per heavy atom. The Balaban J connectivity index is 0.00000242. The first kappa shape index (κ1) is 18.9. The fourth-order valence-electron chi connectivity index (χ4n) is 2.91. The molecule has 0 saturated carbocycles. The van der Waals surface area contributed by atoms with E-state index in [1.54, 1.807) is 12.0 Å². The third kappa shape index (κ3) is 4.22. The second-order valence-corrected chi connectivity index (χ2v) is 5.78. The van der Waals surface area contributed by atoms with Gasteiger partial charge in [-0.25, -0.2) is 0 Å². The van der Waals surface area contributed by atoms with Gasteiger partial charge in [0.15, 0.2) is 0 Å². The molecule has 0 bridgehead atoms. The molecule has 1 fully saturated rings. The van der Waals surface area contributed by atoms with Crippen molar-refractivity contribution >= 4 is 18.3 Å². The minimum absolute atomic E-state index is 0. The first-order valence-electron chi connectivity index (χ1n) is 7.70. The van der Waals surface area contributed by atoms with E-state index in [0.29, 0.717) is 6.54 Å². The van der Waals surface area contributed by atoms with Crippen LogP contribution in [0.4, 0.5) is 0 Å². The number of aryl methyl sites for hydroxylation is 1. The molecule has 1 N–H and O–H groups in total. The molecule has 1 aliphatic heterocycles. The van der Waals surface area contributed by atoms with E-state index < -0.39 is 5.60 Å². The number of nitrogens with zero attached hydrogens (tertiary/aromatic N) is 1. The fourth-order valence-corrected chi connectivity index (χ4v) is 2.91. The van der Waals surface area contributed by atoms with Crippen molar-refractivity contribution in [2.75, 3.05) is 27.2 Å². The lowest BCUT2D eigenvalue weighted by Crippen LogP contribution is -2.54. The van der Waals surface area contributed by atoms with Gasteiger partial charge in [-0.2, -0.15) is 0 Å². The monoisotopic (exact) mass is 326 g/mol. The minimum atomic E-state index is -0.649. The van der Waals surface area contributed by atoms with Crippen LogP contribution in [0.3, 0.4) is 0 Å². The number of amides is 1. The van der Waals surface area contributed by atoms with E-state index in [9.17, 15) is 4.79 Å². The highest BCUT2D eigenvalue weighted by Crippen LogP contribution is 2.25. The molecule has 2 rings (SSSR count). The van der Waals surface area contributed by atoms with Gasteiger partial charge in [0, 0.05) is 20.7 Å². The molecular formula is C17H27ClN2O2. The second-order valence-electron chi connectivity index (χ2n) is 5.78. The first-order valence-corrected chi connectivity index (χ1v) is 7.70. The Bertz CT molecular complexity index is 470. The summed E-state index contributed by atoms with van der Waals surface area (Å²) in [5, 5.41) is 3.28. The molecule has 1 amide bonds. The van der Waals surface area contributed by atoms with Crippen molar-refractivity contribution in [2.45, 2.75) is 38.3 Å². The standard InChI is InChI=1S/C17H26N2O2.ClH/c1-4-14-5-7-15(8-6-14)13-19(2)16(20)17(21-3)9-11-18-12-10-17;/h5-8,18H,4,9-13H2,1-3H3;1H. The van der Waals surface area contributed by atoms with Gasteiger partial charge in [0.2, 0.25) is 0 Å². The number of nitrogens with one attached hydrogen (secondary N) is 1. The number of methoxy groups -OCH3 is 1. The normalized spacial score (nSPS) is 16.7. The zero-order valence-electron chi connectivity index (χ0n) is 13.7. The van der Waals surface area contributed by atoms with E-state index in [2.05, 4.69) is 36.5 Å². The van der Waals surface area contributed by atoms with Crippen molar-refractivity contribution in [3.63, 3.8) is 0 Å². The number of rotatable bonds is 5. The third-order valence-corrected chi connectivity index (χ3v) is 4.39. The highest BCUT2D eigenvalue weighted by atomic mass is 35.5. The van der Waals surface area contributed by atoms with Crippen LogP contribution in [-0.4, -0.2) is 43.7 Å². The zero-order valence-corrected chi connectivity index (χ0v) is 14.5. The number of halogens is 1. The fraction of sp³-hybridized carbons (Fsp3) is 0.588. The zero-order chi connectivity index (χ0) is 15.3. The van der Waals surface area contributed by atoms with Crippen LogP contribution in [0.25, 0.3) is 0 Å². The number of ether oxygens (including phenoxy) is 1. The van der Waals surface area contributed by atoms with Gasteiger partial charge in [-0.15, -0.1) is 12.4 Å². The Kier molecular flexibility index (Phi) is 7.33. The van der Waals surface area contributed by atoms with E-state index >= 15 is 0 Å². The molecule has 1 aliphatic rings. The molecule has 5 heteroatoms. The molecule has 0 aromatic heterocycles. The van der Waals surface area contributed by atoms with E-state index in [1.807, 2.05) is 7.05 Å². The van der Waals surface area contributed by atoms with E-state index in [1.165, 1.54) is 5.56 Å². The van der Waals surface area contributed by atoms with Crippen LogP contribution < -0.4 is 5.32 Å². The third-order valence-electron chi connectivity index (χ3n) is 4.39. The lowest BCUT2D eigenvalue weighted by Gasteiger charge is -2.37. The summed E-state index contributed by atoms with van der Waals surface area (Å²) >= 11 is 0. The minimum Gasteiger partial charge on any atom is -0.368 e. The van der Waals surface area contributed by atoms with Crippen LogP contribution in [-0.2, 0) is 22.5 Å². The highest BCUT2D eigenvalue weighted by Gasteiger charge is 2.41. The smallest absolute Gasteiger partial charge is 0.254 e. The summed E-state index contributed by atoms with van der Waals surface area (Å²) < 4.78 is 5.60. The SMILES string of the molecule is CCc1ccc(CN(C)C(=O)C2(OC)CCNCC2)cc1.Cl. The van der Waals surface area contributed by atoms with E-state index in [4.69, 9.17) is 4.74 Å². The summed E-state index contributed by atoms with van der Waals surface area (Å²) in [4.78, 5) is 14.5. The van der Waals surface area contributed by atoms with Crippen LogP contribution in [0, 0.1) is 0 Å². The van der Waals surface area contributed by atoms with Gasteiger partial charge in [-0.05, 0) is 43.5 Å². The molecule has 124 valence electrons. The topological polar surface area (TPSA) is 41.6 Å². The van der Waals surface area contributed by atoms with Crippen molar-refractivity contribution in [1.82, 2.24) is 10.2 Å². The maximum absolute atomic E-state index is 12.8. The number of carbonyl (C=O) groups is 1. The van der Waals surface area contributed by atoms with Crippen molar-refractivity contribution < 1.29 is 9.53 Å². The molecule has 0 atom stereocenters. The molecule has 0 aliphatic carbocycles. The van der Waals surface area contributed by atoms with Gasteiger partial charge in [0.1, 0.15) is 5.60 Å². The Hall–Kier alpha value is -1.10. The number of carbonyl (C=O) groups excluding carboxylic acids is 1. The summed E-state index contributed by atoms with van der Waals surface area (Å²) in [6.45, 7) is 4.43.